The molecule has 0 aliphatic heterocycles. The van der Waals surface area contributed by atoms with Crippen LogP contribution in [0.3, 0.4) is 0 Å². The van der Waals surface area contributed by atoms with Gasteiger partial charge in [0, 0.05) is 0 Å². The summed E-state index contributed by atoms with van der Waals surface area (Å²) in [6, 6.07) is 4.41. The summed E-state index contributed by atoms with van der Waals surface area (Å²) < 4.78 is 18.1. The van der Waals surface area contributed by atoms with Gasteiger partial charge in [0.1, 0.15) is 5.75 Å². The van der Waals surface area contributed by atoms with Crippen LogP contribution in [0.15, 0.2) is 12.1 Å². The molecule has 0 bridgehead atoms. The normalized spacial score (nSPS) is 13.4. The van der Waals surface area contributed by atoms with E-state index >= 15 is 0 Å². The van der Waals surface area contributed by atoms with Gasteiger partial charge < -0.3 is 4.74 Å². The van der Waals surface area contributed by atoms with Crippen LogP contribution in [0.25, 0.3) is 0 Å². The van der Waals surface area contributed by atoms with Crippen LogP contribution in [0, 0.1) is 6.92 Å². The van der Waals surface area contributed by atoms with Gasteiger partial charge in [-0.25, -0.2) is 0 Å². The monoisotopic (exact) mass is 336 g/mol. The van der Waals surface area contributed by atoms with Gasteiger partial charge in [-0.15, -0.1) is 0 Å². The predicted molar refractivity (Wildman–Crippen MR) is 100 cm³/mol. The SMILES string of the molecule is CCC(CC)(Oc1cc(C)c(C(C)(C)C)cc1C(C)(C)C)P=O. The molecule has 0 spiro atoms. The summed E-state index contributed by atoms with van der Waals surface area (Å²) in [4.78, 5) is 0. The molecule has 0 fully saturated rings. The van der Waals surface area contributed by atoms with E-state index in [9.17, 15) is 4.57 Å². The lowest BCUT2D eigenvalue weighted by molar-refractivity contribution is 0.145. The van der Waals surface area contributed by atoms with Crippen LogP contribution in [-0.4, -0.2) is 5.34 Å². The zero-order valence-electron chi connectivity index (χ0n) is 16.3. The van der Waals surface area contributed by atoms with Gasteiger partial charge in [-0.2, -0.15) is 0 Å². The van der Waals surface area contributed by atoms with E-state index in [4.69, 9.17) is 4.74 Å². The van der Waals surface area contributed by atoms with E-state index in [1.54, 1.807) is 0 Å². The van der Waals surface area contributed by atoms with Crippen molar-refractivity contribution < 1.29 is 9.30 Å². The fraction of sp³-hybridized carbons (Fsp3) is 0.700. The van der Waals surface area contributed by atoms with E-state index < -0.39 is 5.34 Å². The molecule has 23 heavy (non-hydrogen) atoms. The van der Waals surface area contributed by atoms with Crippen LogP contribution in [0.2, 0.25) is 0 Å². The van der Waals surface area contributed by atoms with Crippen molar-refractivity contribution in [3.05, 3.63) is 28.8 Å². The smallest absolute Gasteiger partial charge is 0.204 e. The van der Waals surface area contributed by atoms with Crippen molar-refractivity contribution in [3.63, 3.8) is 0 Å². The predicted octanol–water partition coefficient (Wildman–Crippen LogP) is 6.78. The van der Waals surface area contributed by atoms with E-state index in [0.717, 1.165) is 18.6 Å². The summed E-state index contributed by atoms with van der Waals surface area (Å²) in [5, 5.41) is -0.629. The minimum Gasteiger partial charge on any atom is -0.475 e. The number of benzene rings is 1. The molecule has 130 valence electrons. The third kappa shape index (κ3) is 4.57. The van der Waals surface area contributed by atoms with Crippen molar-refractivity contribution in [2.75, 3.05) is 0 Å². The third-order valence-electron chi connectivity index (χ3n) is 4.51. The molecular formula is C20H33O2P. The van der Waals surface area contributed by atoms with Gasteiger partial charge >= 0.3 is 0 Å². The Balaban J connectivity index is 3.54. The summed E-state index contributed by atoms with van der Waals surface area (Å²) in [5.74, 6) is 0.870. The largest absolute Gasteiger partial charge is 0.475 e. The first kappa shape index (κ1) is 20.2. The maximum atomic E-state index is 11.7. The molecule has 0 heterocycles. The molecule has 0 aliphatic rings. The molecule has 1 rings (SSSR count). The molecule has 0 aromatic heterocycles. The first-order valence-corrected chi connectivity index (χ1v) is 9.40. The average Bonchev–Trinajstić information content (AvgIpc) is 2.42. The Bertz CT molecular complexity index is 558. The second-order valence-corrected chi connectivity index (χ2v) is 9.51. The molecule has 0 saturated heterocycles. The third-order valence-corrected chi connectivity index (χ3v) is 5.57. The van der Waals surface area contributed by atoms with Crippen LogP contribution >= 0.6 is 8.46 Å². The Morgan fingerprint density at radius 3 is 1.74 bits per heavy atom. The van der Waals surface area contributed by atoms with Crippen LogP contribution in [0.5, 0.6) is 5.75 Å². The lowest BCUT2D eigenvalue weighted by atomic mass is 9.78. The summed E-state index contributed by atoms with van der Waals surface area (Å²) in [6.07, 6.45) is 1.44. The van der Waals surface area contributed by atoms with E-state index in [1.807, 2.05) is 13.8 Å². The second-order valence-electron chi connectivity index (χ2n) is 8.51. The molecule has 2 nitrogen and oxygen atoms in total. The van der Waals surface area contributed by atoms with Gasteiger partial charge in [0.2, 0.25) is 8.46 Å². The maximum Gasteiger partial charge on any atom is 0.204 e. The molecule has 0 unspecified atom stereocenters. The number of hydrogen-bond acceptors (Lipinski definition) is 2. The Hall–Kier alpha value is -0.880. The first-order chi connectivity index (χ1) is 10.4. The van der Waals surface area contributed by atoms with Crippen molar-refractivity contribution in [1.29, 1.82) is 0 Å². The number of aryl methyl sites for hydroxylation is 1. The van der Waals surface area contributed by atoms with Gasteiger partial charge in [-0.05, 0) is 53.4 Å². The number of rotatable bonds is 5. The van der Waals surface area contributed by atoms with Crippen LogP contribution < -0.4 is 4.74 Å². The maximum absolute atomic E-state index is 11.7. The van der Waals surface area contributed by atoms with Crippen molar-refractivity contribution in [1.82, 2.24) is 0 Å². The first-order valence-electron chi connectivity index (χ1n) is 8.59. The van der Waals surface area contributed by atoms with Gasteiger partial charge in [0.05, 0.1) is 0 Å². The van der Waals surface area contributed by atoms with E-state index in [-0.39, 0.29) is 19.3 Å². The summed E-state index contributed by atoms with van der Waals surface area (Å²) >= 11 is 0. The molecule has 0 atom stereocenters. The average molecular weight is 336 g/mol. The number of hydrogen-bond donors (Lipinski definition) is 0. The van der Waals surface area contributed by atoms with E-state index in [1.165, 1.54) is 16.7 Å². The molecule has 1 aromatic carbocycles. The highest BCUT2D eigenvalue weighted by molar-refractivity contribution is 7.25. The Morgan fingerprint density at radius 1 is 0.913 bits per heavy atom. The van der Waals surface area contributed by atoms with Crippen molar-refractivity contribution in [2.45, 2.75) is 91.3 Å². The van der Waals surface area contributed by atoms with Gasteiger partial charge in [-0.3, -0.25) is 4.57 Å². The Labute approximate surface area is 144 Å². The quantitative estimate of drug-likeness (QED) is 0.554. The molecule has 0 aliphatic carbocycles. The summed E-state index contributed by atoms with van der Waals surface area (Å²) in [6.45, 7) is 19.5. The molecule has 0 amide bonds. The standard InChI is InChI=1S/C20H33O2P/c1-10-20(11-2,23-21)22-17-12-14(3)15(18(4,5)6)13-16(17)19(7,8)9/h12-13H,10-11H2,1-9H3. The molecular weight excluding hydrogens is 303 g/mol. The fourth-order valence-corrected chi connectivity index (χ4v) is 3.30. The topological polar surface area (TPSA) is 26.3 Å². The highest BCUT2D eigenvalue weighted by atomic mass is 31.1. The minimum atomic E-state index is -0.629. The van der Waals surface area contributed by atoms with Crippen LogP contribution in [0.1, 0.15) is 84.9 Å². The number of ether oxygens (including phenoxy) is 1. The Morgan fingerprint density at radius 2 is 1.39 bits per heavy atom. The molecule has 1 aromatic rings. The van der Waals surface area contributed by atoms with Crippen molar-refractivity contribution in [3.8, 4) is 5.75 Å². The fourth-order valence-electron chi connectivity index (χ4n) is 2.91. The second kappa shape index (κ2) is 6.93. The summed E-state index contributed by atoms with van der Waals surface area (Å²) in [5.41, 5.74) is 3.81. The zero-order valence-corrected chi connectivity index (χ0v) is 17.2. The molecule has 0 N–H and O–H groups in total. The van der Waals surface area contributed by atoms with Crippen LogP contribution in [-0.2, 0) is 15.4 Å². The van der Waals surface area contributed by atoms with E-state index in [2.05, 4.69) is 60.6 Å². The van der Waals surface area contributed by atoms with Crippen molar-refractivity contribution >= 4 is 8.46 Å². The van der Waals surface area contributed by atoms with Gasteiger partial charge in [-0.1, -0.05) is 61.5 Å². The van der Waals surface area contributed by atoms with Crippen molar-refractivity contribution in [2.24, 2.45) is 0 Å². The molecule has 3 heteroatoms. The van der Waals surface area contributed by atoms with Crippen LogP contribution in [0.4, 0.5) is 0 Å². The lowest BCUT2D eigenvalue weighted by Gasteiger charge is -2.33. The highest BCUT2D eigenvalue weighted by Gasteiger charge is 2.33. The summed E-state index contributed by atoms with van der Waals surface area (Å²) in [7, 11) is 0.0552. The zero-order chi connectivity index (χ0) is 18.1. The lowest BCUT2D eigenvalue weighted by Crippen LogP contribution is -2.29. The highest BCUT2D eigenvalue weighted by Crippen LogP contribution is 2.42. The molecule has 0 saturated carbocycles. The molecule has 0 radical (unpaired) electrons. The van der Waals surface area contributed by atoms with Gasteiger partial charge in [0.15, 0.2) is 5.34 Å². The van der Waals surface area contributed by atoms with Gasteiger partial charge in [0.25, 0.3) is 0 Å². The van der Waals surface area contributed by atoms with E-state index in [0.29, 0.717) is 0 Å². The Kier molecular flexibility index (Phi) is 6.08. The minimum absolute atomic E-state index is 0.0317.